The van der Waals surface area contributed by atoms with Crippen LogP contribution in [0.15, 0.2) is 35.0 Å². The number of fused-ring (bicyclic) bond motifs is 1. The number of amides is 1. The van der Waals surface area contributed by atoms with Gasteiger partial charge in [-0.15, -0.1) is 0 Å². The second-order valence-electron chi connectivity index (χ2n) is 7.08. The van der Waals surface area contributed by atoms with Crippen LogP contribution in [0.1, 0.15) is 34.8 Å². The molecule has 148 valence electrons. The number of nitrogens with one attached hydrogen (secondary N) is 1. The third kappa shape index (κ3) is 3.87. The van der Waals surface area contributed by atoms with Crippen LogP contribution in [0.2, 0.25) is 0 Å². The largest absolute Gasteiger partial charge is 0.361 e. The van der Waals surface area contributed by atoms with Gasteiger partial charge in [-0.2, -0.15) is 5.10 Å². The van der Waals surface area contributed by atoms with E-state index in [1.165, 1.54) is 0 Å². The van der Waals surface area contributed by atoms with Gasteiger partial charge in [-0.25, -0.2) is 14.5 Å². The number of anilines is 1. The van der Waals surface area contributed by atoms with Crippen molar-refractivity contribution < 1.29 is 9.32 Å². The Morgan fingerprint density at radius 2 is 1.79 bits per heavy atom. The number of rotatable bonds is 5. The van der Waals surface area contributed by atoms with Crippen LogP contribution in [0.4, 0.5) is 5.69 Å². The minimum absolute atomic E-state index is 0.0511. The highest BCUT2D eigenvalue weighted by Gasteiger charge is 2.12. The molecule has 0 aliphatic rings. The highest BCUT2D eigenvalue weighted by atomic mass is 16.5. The fraction of sp³-hybridized carbons (Fsp3) is 0.286. The van der Waals surface area contributed by atoms with Gasteiger partial charge in [0.25, 0.3) is 5.78 Å². The third-order valence-corrected chi connectivity index (χ3v) is 4.97. The molecule has 1 N–H and O–H groups in total. The number of nitrogens with zero attached hydrogens (tertiary/aromatic N) is 5. The molecule has 0 unspecified atom stereocenters. The number of carbonyl (C=O) groups excluding carboxylic acids is 1. The molecule has 4 aromatic rings. The average molecular weight is 390 g/mol. The maximum absolute atomic E-state index is 12.3. The monoisotopic (exact) mass is 390 g/mol. The summed E-state index contributed by atoms with van der Waals surface area (Å²) in [6.07, 6.45) is 2.82. The molecule has 0 saturated carbocycles. The van der Waals surface area contributed by atoms with Crippen LogP contribution in [0.3, 0.4) is 0 Å². The Labute approximate surface area is 168 Å². The first-order chi connectivity index (χ1) is 13.9. The van der Waals surface area contributed by atoms with Crippen LogP contribution in [0, 0.1) is 27.7 Å². The van der Waals surface area contributed by atoms with Crippen LogP contribution in [-0.2, 0) is 11.2 Å². The molecule has 0 aliphatic heterocycles. The lowest BCUT2D eigenvalue weighted by Gasteiger charge is -2.06. The van der Waals surface area contributed by atoms with Gasteiger partial charge < -0.3 is 9.84 Å². The molecule has 3 aromatic heterocycles. The van der Waals surface area contributed by atoms with Crippen LogP contribution in [0.5, 0.6) is 0 Å². The molecular formula is C21H22N6O2. The predicted molar refractivity (Wildman–Crippen MR) is 109 cm³/mol. The van der Waals surface area contributed by atoms with Crippen LogP contribution >= 0.6 is 0 Å². The summed E-state index contributed by atoms with van der Waals surface area (Å²) in [5.74, 6) is 1.28. The van der Waals surface area contributed by atoms with E-state index in [1.807, 2.05) is 58.2 Å². The summed E-state index contributed by atoms with van der Waals surface area (Å²) in [4.78, 5) is 21.3. The smallest absolute Gasteiger partial charge is 0.251 e. The van der Waals surface area contributed by atoms with Gasteiger partial charge in [0.2, 0.25) is 5.91 Å². The van der Waals surface area contributed by atoms with Crippen molar-refractivity contribution in [1.29, 1.82) is 0 Å². The number of aromatic nitrogens is 5. The highest BCUT2D eigenvalue weighted by Crippen LogP contribution is 2.21. The van der Waals surface area contributed by atoms with Gasteiger partial charge in [-0.1, -0.05) is 17.3 Å². The summed E-state index contributed by atoms with van der Waals surface area (Å²) < 4.78 is 6.82. The quantitative estimate of drug-likeness (QED) is 0.559. The Kier molecular flexibility index (Phi) is 4.84. The van der Waals surface area contributed by atoms with Gasteiger partial charge in [0.15, 0.2) is 0 Å². The molecule has 8 heteroatoms. The molecule has 0 spiro atoms. The molecule has 0 bridgehead atoms. The van der Waals surface area contributed by atoms with E-state index in [2.05, 4.69) is 25.5 Å². The SMILES string of the molecule is Cc1nc2nc(-c3ccc(NC(=O)CCc4c(C)noc4C)cc3)cn2nc1C. The maximum Gasteiger partial charge on any atom is 0.251 e. The second-order valence-corrected chi connectivity index (χ2v) is 7.08. The van der Waals surface area contributed by atoms with E-state index in [1.54, 1.807) is 4.52 Å². The third-order valence-electron chi connectivity index (χ3n) is 4.97. The summed E-state index contributed by atoms with van der Waals surface area (Å²) in [5.41, 5.74) is 6.02. The fourth-order valence-corrected chi connectivity index (χ4v) is 3.16. The van der Waals surface area contributed by atoms with E-state index in [9.17, 15) is 4.79 Å². The Bertz CT molecular complexity index is 1130. The van der Waals surface area contributed by atoms with Crippen molar-refractivity contribution >= 4 is 17.4 Å². The first kappa shape index (κ1) is 18.8. The molecular weight excluding hydrogens is 368 g/mol. The summed E-state index contributed by atoms with van der Waals surface area (Å²) in [5, 5.41) is 11.3. The van der Waals surface area contributed by atoms with Crippen molar-refractivity contribution in [3.8, 4) is 11.3 Å². The van der Waals surface area contributed by atoms with Crippen molar-refractivity contribution in [2.24, 2.45) is 0 Å². The molecule has 3 heterocycles. The van der Waals surface area contributed by atoms with Crippen molar-refractivity contribution in [3.63, 3.8) is 0 Å². The van der Waals surface area contributed by atoms with E-state index in [0.717, 1.165) is 45.4 Å². The Morgan fingerprint density at radius 3 is 2.48 bits per heavy atom. The number of carbonyl (C=O) groups is 1. The molecule has 8 nitrogen and oxygen atoms in total. The summed E-state index contributed by atoms with van der Waals surface area (Å²) in [6.45, 7) is 7.58. The number of aryl methyl sites for hydroxylation is 4. The standard InChI is InChI=1S/C21H22N6O2/c1-12-13(2)25-27-11-19(24-21(27)22-12)16-5-7-17(8-6-16)23-20(28)10-9-18-14(3)26-29-15(18)4/h5-8,11H,9-10H2,1-4H3,(H,23,28). The van der Waals surface area contributed by atoms with Crippen molar-refractivity contribution in [2.45, 2.75) is 40.5 Å². The van der Waals surface area contributed by atoms with Crippen LogP contribution < -0.4 is 5.32 Å². The molecule has 0 aliphatic carbocycles. The zero-order valence-corrected chi connectivity index (χ0v) is 16.9. The van der Waals surface area contributed by atoms with Gasteiger partial charge in [-0.3, -0.25) is 4.79 Å². The topological polar surface area (TPSA) is 98.2 Å². The van der Waals surface area contributed by atoms with Crippen LogP contribution in [-0.4, -0.2) is 30.6 Å². The van der Waals surface area contributed by atoms with Gasteiger partial charge in [0.1, 0.15) is 5.76 Å². The molecule has 0 fully saturated rings. The minimum atomic E-state index is -0.0511. The normalized spacial score (nSPS) is 11.2. The second kappa shape index (κ2) is 7.46. The van der Waals surface area contributed by atoms with Gasteiger partial charge in [0, 0.05) is 23.2 Å². The molecule has 0 saturated heterocycles. The van der Waals surface area contributed by atoms with E-state index < -0.39 is 0 Å². The van der Waals surface area contributed by atoms with Crippen LogP contribution in [0.25, 0.3) is 17.0 Å². The van der Waals surface area contributed by atoms with E-state index >= 15 is 0 Å². The van der Waals surface area contributed by atoms with Gasteiger partial charge >= 0.3 is 0 Å². The lowest BCUT2D eigenvalue weighted by atomic mass is 10.1. The zero-order chi connectivity index (χ0) is 20.5. The highest BCUT2D eigenvalue weighted by molar-refractivity contribution is 5.91. The number of hydrogen-bond donors (Lipinski definition) is 1. The number of hydrogen-bond acceptors (Lipinski definition) is 6. The molecule has 1 aromatic carbocycles. The van der Waals surface area contributed by atoms with E-state index in [4.69, 9.17) is 4.52 Å². The first-order valence-electron chi connectivity index (χ1n) is 9.43. The van der Waals surface area contributed by atoms with Gasteiger partial charge in [-0.05, 0) is 46.2 Å². The molecule has 4 rings (SSSR count). The minimum Gasteiger partial charge on any atom is -0.361 e. The maximum atomic E-state index is 12.3. The Morgan fingerprint density at radius 1 is 1.03 bits per heavy atom. The van der Waals surface area contributed by atoms with Crippen molar-refractivity contribution in [2.75, 3.05) is 5.32 Å². The molecule has 1 amide bonds. The van der Waals surface area contributed by atoms with Crippen molar-refractivity contribution in [1.82, 2.24) is 24.7 Å². The lowest BCUT2D eigenvalue weighted by molar-refractivity contribution is -0.116. The fourth-order valence-electron chi connectivity index (χ4n) is 3.16. The van der Waals surface area contributed by atoms with E-state index in [-0.39, 0.29) is 5.91 Å². The summed E-state index contributed by atoms with van der Waals surface area (Å²) in [6, 6.07) is 7.58. The number of imidazole rings is 1. The van der Waals surface area contributed by atoms with E-state index in [0.29, 0.717) is 18.6 Å². The average Bonchev–Trinajstić information content (AvgIpc) is 3.24. The number of benzene rings is 1. The van der Waals surface area contributed by atoms with Gasteiger partial charge in [0.05, 0.1) is 29.0 Å². The van der Waals surface area contributed by atoms with Crippen molar-refractivity contribution in [3.05, 3.63) is 58.9 Å². The first-order valence-corrected chi connectivity index (χ1v) is 9.43. The molecule has 0 atom stereocenters. The summed E-state index contributed by atoms with van der Waals surface area (Å²) >= 11 is 0. The predicted octanol–water partition coefficient (Wildman–Crippen LogP) is 3.58. The molecule has 29 heavy (non-hydrogen) atoms. The Balaban J connectivity index is 1.43. The lowest BCUT2D eigenvalue weighted by Crippen LogP contribution is -2.12. The Hall–Kier alpha value is -3.55. The zero-order valence-electron chi connectivity index (χ0n) is 16.9. The summed E-state index contributed by atoms with van der Waals surface area (Å²) in [7, 11) is 0. The molecule has 0 radical (unpaired) electrons.